The Morgan fingerprint density at radius 3 is 2.59 bits per heavy atom. The van der Waals surface area contributed by atoms with Gasteiger partial charge in [-0.2, -0.15) is 0 Å². The zero-order valence-electron chi connectivity index (χ0n) is 9.91. The average molecular weight is 226 g/mol. The third-order valence-electron chi connectivity index (χ3n) is 3.97. The lowest BCUT2D eigenvalue weighted by Crippen LogP contribution is -2.19. The molecule has 0 bridgehead atoms. The average Bonchev–Trinajstić information content (AvgIpc) is 2.69. The van der Waals surface area contributed by atoms with E-state index >= 15 is 0 Å². The summed E-state index contributed by atoms with van der Waals surface area (Å²) in [4.78, 5) is 0. The van der Waals surface area contributed by atoms with Gasteiger partial charge in [0.15, 0.2) is 0 Å². The number of benzene rings is 2. The molecule has 1 unspecified atom stereocenters. The molecular formula is C16H15F. The topological polar surface area (TPSA) is 0 Å². The first-order chi connectivity index (χ1) is 8.20. The van der Waals surface area contributed by atoms with Crippen LogP contribution >= 0.6 is 0 Å². The molecule has 0 aromatic heterocycles. The van der Waals surface area contributed by atoms with Gasteiger partial charge >= 0.3 is 0 Å². The molecule has 17 heavy (non-hydrogen) atoms. The summed E-state index contributed by atoms with van der Waals surface area (Å²) in [5.74, 6) is -0.124. The summed E-state index contributed by atoms with van der Waals surface area (Å²) >= 11 is 0. The minimum atomic E-state index is -0.124. The summed E-state index contributed by atoms with van der Waals surface area (Å²) in [5.41, 5.74) is 3.82. The highest BCUT2D eigenvalue weighted by Gasteiger charge is 2.35. The maximum Gasteiger partial charge on any atom is 0.123 e. The van der Waals surface area contributed by atoms with Crippen molar-refractivity contribution < 1.29 is 4.39 Å². The maximum atomic E-state index is 13.2. The van der Waals surface area contributed by atoms with E-state index in [0.29, 0.717) is 0 Å². The first kappa shape index (κ1) is 10.5. The molecule has 0 amide bonds. The predicted octanol–water partition coefficient (Wildman–Crippen LogP) is 4.08. The molecule has 0 aliphatic heterocycles. The summed E-state index contributed by atoms with van der Waals surface area (Å²) in [6.07, 6.45) is 2.04. The van der Waals surface area contributed by atoms with Crippen LogP contribution in [0.15, 0.2) is 48.5 Å². The number of fused-ring (bicyclic) bond motifs is 1. The van der Waals surface area contributed by atoms with Crippen molar-refractivity contribution in [1.29, 1.82) is 0 Å². The number of hydrogen-bond acceptors (Lipinski definition) is 0. The van der Waals surface area contributed by atoms with Gasteiger partial charge in [-0.15, -0.1) is 0 Å². The standard InChI is InChI=1S/C16H15F/c1-16(13-5-3-2-4-6-13)10-9-12-11-14(17)7-8-15(12)16/h2-8,11H,9-10H2,1H3. The van der Waals surface area contributed by atoms with Gasteiger partial charge in [0.05, 0.1) is 0 Å². The summed E-state index contributed by atoms with van der Waals surface area (Å²) in [6, 6.07) is 15.7. The monoisotopic (exact) mass is 226 g/mol. The van der Waals surface area contributed by atoms with Gasteiger partial charge in [0.1, 0.15) is 5.82 Å². The van der Waals surface area contributed by atoms with Crippen LogP contribution in [-0.4, -0.2) is 0 Å². The van der Waals surface area contributed by atoms with Gasteiger partial charge < -0.3 is 0 Å². The minimum Gasteiger partial charge on any atom is -0.207 e. The van der Waals surface area contributed by atoms with Crippen molar-refractivity contribution in [2.75, 3.05) is 0 Å². The molecule has 3 rings (SSSR count). The summed E-state index contributed by atoms with van der Waals surface area (Å²) in [5, 5.41) is 0. The zero-order chi connectivity index (χ0) is 11.9. The SMILES string of the molecule is CC1(c2ccccc2)CCc2cc(F)ccc21. The molecule has 0 N–H and O–H groups in total. The Kier molecular flexibility index (Phi) is 2.29. The second kappa shape index (κ2) is 3.69. The van der Waals surface area contributed by atoms with E-state index in [1.807, 2.05) is 12.1 Å². The number of hydrogen-bond donors (Lipinski definition) is 0. The van der Waals surface area contributed by atoms with Crippen LogP contribution in [0.1, 0.15) is 30.0 Å². The first-order valence-corrected chi connectivity index (χ1v) is 6.04. The largest absolute Gasteiger partial charge is 0.207 e. The van der Waals surface area contributed by atoms with Crippen molar-refractivity contribution in [3.8, 4) is 0 Å². The van der Waals surface area contributed by atoms with Gasteiger partial charge in [0.2, 0.25) is 0 Å². The molecule has 86 valence electrons. The molecule has 1 atom stereocenters. The van der Waals surface area contributed by atoms with Crippen LogP contribution in [0, 0.1) is 5.82 Å². The highest BCUT2D eigenvalue weighted by atomic mass is 19.1. The Morgan fingerprint density at radius 2 is 1.82 bits per heavy atom. The third kappa shape index (κ3) is 1.57. The molecular weight excluding hydrogens is 211 g/mol. The summed E-state index contributed by atoms with van der Waals surface area (Å²) < 4.78 is 13.2. The number of rotatable bonds is 1. The van der Waals surface area contributed by atoms with Crippen LogP contribution in [0.3, 0.4) is 0 Å². The van der Waals surface area contributed by atoms with E-state index in [-0.39, 0.29) is 11.2 Å². The molecule has 0 saturated carbocycles. The van der Waals surface area contributed by atoms with Gasteiger partial charge in [0, 0.05) is 5.41 Å². The fraction of sp³-hybridized carbons (Fsp3) is 0.250. The van der Waals surface area contributed by atoms with Gasteiger partial charge in [-0.25, -0.2) is 4.39 Å². The molecule has 2 aromatic rings. The van der Waals surface area contributed by atoms with Crippen molar-refractivity contribution in [1.82, 2.24) is 0 Å². The molecule has 0 radical (unpaired) electrons. The number of aryl methyl sites for hydroxylation is 1. The van der Waals surface area contributed by atoms with E-state index in [1.54, 1.807) is 12.1 Å². The van der Waals surface area contributed by atoms with Crippen molar-refractivity contribution in [3.05, 3.63) is 71.0 Å². The lowest BCUT2D eigenvalue weighted by molar-refractivity contribution is 0.566. The maximum absolute atomic E-state index is 13.2. The van der Waals surface area contributed by atoms with Crippen molar-refractivity contribution in [3.63, 3.8) is 0 Å². The van der Waals surface area contributed by atoms with E-state index in [9.17, 15) is 4.39 Å². The molecule has 0 spiro atoms. The normalized spacial score (nSPS) is 22.5. The highest BCUT2D eigenvalue weighted by molar-refractivity contribution is 5.47. The van der Waals surface area contributed by atoms with E-state index in [2.05, 4.69) is 31.2 Å². The van der Waals surface area contributed by atoms with Gasteiger partial charge in [0.25, 0.3) is 0 Å². The van der Waals surface area contributed by atoms with Crippen molar-refractivity contribution in [2.45, 2.75) is 25.2 Å². The fourth-order valence-corrected chi connectivity index (χ4v) is 2.93. The third-order valence-corrected chi connectivity index (χ3v) is 3.97. The molecule has 1 aliphatic rings. The van der Waals surface area contributed by atoms with Gasteiger partial charge in [-0.3, -0.25) is 0 Å². The molecule has 0 nitrogen and oxygen atoms in total. The van der Waals surface area contributed by atoms with Crippen LogP contribution in [0.25, 0.3) is 0 Å². The van der Waals surface area contributed by atoms with Crippen molar-refractivity contribution >= 4 is 0 Å². The first-order valence-electron chi connectivity index (χ1n) is 6.04. The van der Waals surface area contributed by atoms with E-state index in [0.717, 1.165) is 18.4 Å². The Bertz CT molecular complexity index is 545. The molecule has 2 aromatic carbocycles. The van der Waals surface area contributed by atoms with Crippen LogP contribution in [0.5, 0.6) is 0 Å². The molecule has 0 heterocycles. The highest BCUT2D eigenvalue weighted by Crippen LogP contribution is 2.43. The number of halogens is 1. The Morgan fingerprint density at radius 1 is 1.06 bits per heavy atom. The predicted molar refractivity (Wildman–Crippen MR) is 67.6 cm³/mol. The zero-order valence-corrected chi connectivity index (χ0v) is 9.91. The van der Waals surface area contributed by atoms with Gasteiger partial charge in [-0.05, 0) is 41.7 Å². The van der Waals surface area contributed by atoms with Crippen LogP contribution in [0.4, 0.5) is 4.39 Å². The van der Waals surface area contributed by atoms with Crippen molar-refractivity contribution in [2.24, 2.45) is 0 Å². The Hall–Kier alpha value is -1.63. The Labute approximate surface area is 101 Å². The second-order valence-electron chi connectivity index (χ2n) is 5.00. The van der Waals surface area contributed by atoms with Crippen LogP contribution < -0.4 is 0 Å². The van der Waals surface area contributed by atoms with Gasteiger partial charge in [-0.1, -0.05) is 43.3 Å². The van der Waals surface area contributed by atoms with Crippen LogP contribution in [-0.2, 0) is 11.8 Å². The van der Waals surface area contributed by atoms with E-state index < -0.39 is 0 Å². The molecule has 0 fully saturated rings. The molecule has 0 saturated heterocycles. The molecule has 1 heteroatoms. The second-order valence-corrected chi connectivity index (χ2v) is 5.00. The van der Waals surface area contributed by atoms with E-state index in [1.165, 1.54) is 11.1 Å². The Balaban J connectivity index is 2.14. The van der Waals surface area contributed by atoms with E-state index in [4.69, 9.17) is 0 Å². The smallest absolute Gasteiger partial charge is 0.123 e. The lowest BCUT2D eigenvalue weighted by atomic mass is 9.77. The summed E-state index contributed by atoms with van der Waals surface area (Å²) in [6.45, 7) is 2.26. The fourth-order valence-electron chi connectivity index (χ4n) is 2.93. The quantitative estimate of drug-likeness (QED) is 0.687. The molecule has 1 aliphatic carbocycles. The van der Waals surface area contributed by atoms with Crippen LogP contribution in [0.2, 0.25) is 0 Å². The lowest BCUT2D eigenvalue weighted by Gasteiger charge is -2.26. The minimum absolute atomic E-state index is 0.0459. The summed E-state index contributed by atoms with van der Waals surface area (Å²) in [7, 11) is 0.